The van der Waals surface area contributed by atoms with Crippen LogP contribution in [0.1, 0.15) is 34.3 Å². The van der Waals surface area contributed by atoms with E-state index in [2.05, 4.69) is 29.3 Å². The molecule has 0 radical (unpaired) electrons. The molecule has 0 aromatic heterocycles. The van der Waals surface area contributed by atoms with Crippen molar-refractivity contribution in [2.45, 2.75) is 26.7 Å². The number of aryl methyl sites for hydroxylation is 1. The number of carbonyl (C=O) groups is 1. The Hall–Kier alpha value is -2.29. The van der Waals surface area contributed by atoms with Gasteiger partial charge in [0, 0.05) is 30.0 Å². The summed E-state index contributed by atoms with van der Waals surface area (Å²) in [6.07, 6.45) is 2.47. The average molecular weight is 294 g/mol. The van der Waals surface area contributed by atoms with Crippen molar-refractivity contribution in [3.8, 4) is 0 Å². The van der Waals surface area contributed by atoms with Crippen molar-refractivity contribution < 1.29 is 4.79 Å². The number of nitrogens with zero attached hydrogens (tertiary/aromatic N) is 1. The van der Waals surface area contributed by atoms with Gasteiger partial charge in [0.1, 0.15) is 0 Å². The molecule has 2 aromatic rings. The van der Waals surface area contributed by atoms with Crippen LogP contribution in [-0.4, -0.2) is 19.0 Å². The summed E-state index contributed by atoms with van der Waals surface area (Å²) in [5.41, 5.74) is 5.04. The second kappa shape index (κ2) is 6.22. The zero-order valence-electron chi connectivity index (χ0n) is 13.2. The van der Waals surface area contributed by atoms with Crippen molar-refractivity contribution in [2.24, 2.45) is 0 Å². The molecule has 0 bridgehead atoms. The van der Waals surface area contributed by atoms with Crippen LogP contribution in [0.2, 0.25) is 0 Å². The maximum absolute atomic E-state index is 12.5. The molecule has 114 valence electrons. The minimum Gasteiger partial charge on any atom is -0.372 e. The van der Waals surface area contributed by atoms with Crippen LogP contribution in [0.25, 0.3) is 0 Å². The van der Waals surface area contributed by atoms with Gasteiger partial charge in [0.05, 0.1) is 0 Å². The van der Waals surface area contributed by atoms with Gasteiger partial charge in [-0.05, 0) is 62.1 Å². The molecule has 1 amide bonds. The Morgan fingerprint density at radius 3 is 2.55 bits per heavy atom. The molecule has 0 saturated carbocycles. The highest BCUT2D eigenvalue weighted by Gasteiger charge is 2.14. The third-order valence-electron chi connectivity index (χ3n) is 4.43. The molecule has 2 aromatic carbocycles. The standard InChI is InChI=1S/C19H22N2O/c1-14-7-5-10-18(15(14)2)20-19(22)16-8-6-9-17(13-16)21-11-3-4-12-21/h5-10,13H,3-4,11-12H2,1-2H3,(H,20,22). The number of amides is 1. The maximum atomic E-state index is 12.5. The number of benzene rings is 2. The lowest BCUT2D eigenvalue weighted by atomic mass is 10.1. The molecule has 3 nitrogen and oxygen atoms in total. The minimum absolute atomic E-state index is 0.0465. The molecule has 0 spiro atoms. The van der Waals surface area contributed by atoms with Crippen molar-refractivity contribution in [1.82, 2.24) is 0 Å². The smallest absolute Gasteiger partial charge is 0.255 e. The van der Waals surface area contributed by atoms with Gasteiger partial charge in [-0.25, -0.2) is 0 Å². The first-order valence-corrected chi connectivity index (χ1v) is 7.88. The molecule has 3 rings (SSSR count). The van der Waals surface area contributed by atoms with Crippen molar-refractivity contribution in [2.75, 3.05) is 23.3 Å². The fourth-order valence-corrected chi connectivity index (χ4v) is 2.90. The summed E-state index contributed by atoms with van der Waals surface area (Å²) < 4.78 is 0. The zero-order chi connectivity index (χ0) is 15.5. The highest BCUT2D eigenvalue weighted by molar-refractivity contribution is 6.05. The molecule has 3 heteroatoms. The van der Waals surface area contributed by atoms with E-state index in [1.807, 2.05) is 37.3 Å². The molecule has 0 atom stereocenters. The van der Waals surface area contributed by atoms with E-state index in [0.717, 1.165) is 30.0 Å². The van der Waals surface area contributed by atoms with Gasteiger partial charge in [0.25, 0.3) is 5.91 Å². The third-order valence-corrected chi connectivity index (χ3v) is 4.43. The van der Waals surface area contributed by atoms with Crippen molar-refractivity contribution in [1.29, 1.82) is 0 Å². The van der Waals surface area contributed by atoms with Crippen LogP contribution in [0.5, 0.6) is 0 Å². The Labute approximate surface area is 132 Å². The lowest BCUT2D eigenvalue weighted by Gasteiger charge is -2.18. The number of hydrogen-bond acceptors (Lipinski definition) is 2. The Bertz CT molecular complexity index is 688. The van der Waals surface area contributed by atoms with Gasteiger partial charge in [0.15, 0.2) is 0 Å². The summed E-state index contributed by atoms with van der Waals surface area (Å²) in [6, 6.07) is 13.9. The molecule has 1 saturated heterocycles. The first-order chi connectivity index (χ1) is 10.6. The lowest BCUT2D eigenvalue weighted by Crippen LogP contribution is -2.19. The van der Waals surface area contributed by atoms with Gasteiger partial charge in [-0.3, -0.25) is 4.79 Å². The molecule has 0 unspecified atom stereocenters. The lowest BCUT2D eigenvalue weighted by molar-refractivity contribution is 0.102. The molecular formula is C19H22N2O. The molecule has 1 aliphatic rings. The number of carbonyl (C=O) groups excluding carboxylic acids is 1. The van der Waals surface area contributed by atoms with Crippen LogP contribution in [0.15, 0.2) is 42.5 Å². The van der Waals surface area contributed by atoms with Gasteiger partial charge in [-0.2, -0.15) is 0 Å². The zero-order valence-corrected chi connectivity index (χ0v) is 13.2. The molecule has 1 fully saturated rings. The molecule has 1 heterocycles. The first-order valence-electron chi connectivity index (χ1n) is 7.88. The predicted octanol–water partition coefficient (Wildman–Crippen LogP) is 4.16. The van der Waals surface area contributed by atoms with Gasteiger partial charge < -0.3 is 10.2 Å². The quantitative estimate of drug-likeness (QED) is 0.922. The Morgan fingerprint density at radius 2 is 1.77 bits per heavy atom. The average Bonchev–Trinajstić information content (AvgIpc) is 3.06. The van der Waals surface area contributed by atoms with Crippen LogP contribution >= 0.6 is 0 Å². The maximum Gasteiger partial charge on any atom is 0.255 e. The topological polar surface area (TPSA) is 32.3 Å². The summed E-state index contributed by atoms with van der Waals surface area (Å²) >= 11 is 0. The van der Waals surface area contributed by atoms with Gasteiger partial charge in [0.2, 0.25) is 0 Å². The first kappa shape index (κ1) is 14.6. The third kappa shape index (κ3) is 2.98. The number of rotatable bonds is 3. The van der Waals surface area contributed by atoms with Crippen molar-refractivity contribution in [3.05, 3.63) is 59.2 Å². The molecule has 1 N–H and O–H groups in total. The number of hydrogen-bond donors (Lipinski definition) is 1. The minimum atomic E-state index is -0.0465. The van der Waals surface area contributed by atoms with E-state index in [4.69, 9.17) is 0 Å². The Morgan fingerprint density at radius 1 is 1.05 bits per heavy atom. The molecular weight excluding hydrogens is 272 g/mol. The fraction of sp³-hybridized carbons (Fsp3) is 0.316. The van der Waals surface area contributed by atoms with Gasteiger partial charge >= 0.3 is 0 Å². The normalized spacial score (nSPS) is 14.2. The largest absolute Gasteiger partial charge is 0.372 e. The SMILES string of the molecule is Cc1cccc(NC(=O)c2cccc(N3CCCC3)c2)c1C. The van der Waals surface area contributed by atoms with Crippen molar-refractivity contribution >= 4 is 17.3 Å². The van der Waals surface area contributed by atoms with E-state index in [1.54, 1.807) is 0 Å². The summed E-state index contributed by atoms with van der Waals surface area (Å²) in [6.45, 7) is 6.26. The van der Waals surface area contributed by atoms with E-state index in [1.165, 1.54) is 18.4 Å². The summed E-state index contributed by atoms with van der Waals surface area (Å²) in [7, 11) is 0. The number of anilines is 2. The van der Waals surface area contributed by atoms with Crippen molar-refractivity contribution in [3.63, 3.8) is 0 Å². The van der Waals surface area contributed by atoms with Crippen LogP contribution in [0.3, 0.4) is 0 Å². The molecule has 0 aliphatic carbocycles. The molecule has 1 aliphatic heterocycles. The predicted molar refractivity (Wildman–Crippen MR) is 91.8 cm³/mol. The highest BCUT2D eigenvalue weighted by Crippen LogP contribution is 2.23. The van der Waals surface area contributed by atoms with E-state index in [0.29, 0.717) is 5.56 Å². The second-order valence-corrected chi connectivity index (χ2v) is 5.95. The Balaban J connectivity index is 1.80. The summed E-state index contributed by atoms with van der Waals surface area (Å²) in [5.74, 6) is -0.0465. The summed E-state index contributed by atoms with van der Waals surface area (Å²) in [5, 5.41) is 3.03. The van der Waals surface area contributed by atoms with Gasteiger partial charge in [-0.1, -0.05) is 18.2 Å². The summed E-state index contributed by atoms with van der Waals surface area (Å²) in [4.78, 5) is 14.9. The van der Waals surface area contributed by atoms with Crippen LogP contribution in [-0.2, 0) is 0 Å². The van der Waals surface area contributed by atoms with E-state index >= 15 is 0 Å². The van der Waals surface area contributed by atoms with E-state index in [9.17, 15) is 4.79 Å². The molecule has 22 heavy (non-hydrogen) atoms. The number of nitrogens with one attached hydrogen (secondary N) is 1. The Kier molecular flexibility index (Phi) is 4.14. The van der Waals surface area contributed by atoms with Crippen LogP contribution < -0.4 is 10.2 Å². The van der Waals surface area contributed by atoms with Crippen LogP contribution in [0.4, 0.5) is 11.4 Å². The van der Waals surface area contributed by atoms with Crippen LogP contribution in [0, 0.1) is 13.8 Å². The van der Waals surface area contributed by atoms with E-state index in [-0.39, 0.29) is 5.91 Å². The second-order valence-electron chi connectivity index (χ2n) is 5.95. The van der Waals surface area contributed by atoms with Gasteiger partial charge in [-0.15, -0.1) is 0 Å². The fourth-order valence-electron chi connectivity index (χ4n) is 2.90. The highest BCUT2D eigenvalue weighted by atomic mass is 16.1. The monoisotopic (exact) mass is 294 g/mol. The van der Waals surface area contributed by atoms with E-state index < -0.39 is 0 Å².